The van der Waals surface area contributed by atoms with Crippen LogP contribution in [0, 0.1) is 12.8 Å². The Morgan fingerprint density at radius 3 is 2.67 bits per heavy atom. The molecule has 2 aromatic heterocycles. The summed E-state index contributed by atoms with van der Waals surface area (Å²) in [6, 6.07) is 6.25. The molecular weight excluding hydrogens is 264 g/mol. The second-order valence-electron chi connectivity index (χ2n) is 5.92. The zero-order chi connectivity index (χ0) is 14.8. The third-order valence-electron chi connectivity index (χ3n) is 4.37. The molecule has 0 amide bonds. The van der Waals surface area contributed by atoms with Gasteiger partial charge in [-0.25, -0.2) is 0 Å². The molecule has 2 atom stereocenters. The van der Waals surface area contributed by atoms with Crippen LogP contribution in [0.1, 0.15) is 22.9 Å². The van der Waals surface area contributed by atoms with Gasteiger partial charge in [-0.3, -0.25) is 14.6 Å². The van der Waals surface area contributed by atoms with E-state index < -0.39 is 0 Å². The van der Waals surface area contributed by atoms with Crippen molar-refractivity contribution in [3.8, 4) is 0 Å². The van der Waals surface area contributed by atoms with Crippen molar-refractivity contribution >= 4 is 0 Å². The summed E-state index contributed by atoms with van der Waals surface area (Å²) in [5, 5.41) is 14.1. The molecule has 3 rings (SSSR count). The van der Waals surface area contributed by atoms with Crippen molar-refractivity contribution in [3.05, 3.63) is 47.5 Å². The van der Waals surface area contributed by atoms with E-state index in [1.165, 1.54) is 11.3 Å². The third-order valence-corrected chi connectivity index (χ3v) is 4.37. The largest absolute Gasteiger partial charge is 0.396 e. The van der Waals surface area contributed by atoms with Crippen LogP contribution in [0.25, 0.3) is 0 Å². The summed E-state index contributed by atoms with van der Waals surface area (Å²) >= 11 is 0. The normalized spacial score (nSPS) is 22.8. The van der Waals surface area contributed by atoms with Gasteiger partial charge in [0.1, 0.15) is 0 Å². The van der Waals surface area contributed by atoms with Crippen LogP contribution in [0.3, 0.4) is 0 Å². The molecule has 0 aliphatic carbocycles. The topological polar surface area (TPSA) is 54.2 Å². The molecule has 0 bridgehead atoms. The van der Waals surface area contributed by atoms with Gasteiger partial charge in [0.25, 0.3) is 0 Å². The van der Waals surface area contributed by atoms with E-state index >= 15 is 0 Å². The number of aryl methyl sites for hydroxylation is 2. The van der Waals surface area contributed by atoms with E-state index in [-0.39, 0.29) is 6.61 Å². The van der Waals surface area contributed by atoms with Crippen molar-refractivity contribution in [1.82, 2.24) is 19.7 Å². The van der Waals surface area contributed by atoms with Gasteiger partial charge in [-0.2, -0.15) is 5.10 Å². The predicted molar refractivity (Wildman–Crippen MR) is 80.8 cm³/mol. The molecule has 112 valence electrons. The fourth-order valence-electron chi connectivity index (χ4n) is 3.30. The summed E-state index contributed by atoms with van der Waals surface area (Å²) in [6.07, 6.45) is 3.66. The Labute approximate surface area is 125 Å². The first-order valence-corrected chi connectivity index (χ1v) is 7.40. The van der Waals surface area contributed by atoms with E-state index in [4.69, 9.17) is 0 Å². The van der Waals surface area contributed by atoms with Crippen LogP contribution in [0.5, 0.6) is 0 Å². The van der Waals surface area contributed by atoms with Crippen LogP contribution >= 0.6 is 0 Å². The summed E-state index contributed by atoms with van der Waals surface area (Å²) in [7, 11) is 1.99. The number of likely N-dealkylation sites (tertiary alicyclic amines) is 1. The summed E-state index contributed by atoms with van der Waals surface area (Å²) in [5.74, 6) is 0.675. The maximum absolute atomic E-state index is 9.68. The van der Waals surface area contributed by atoms with Crippen molar-refractivity contribution in [2.75, 3.05) is 19.7 Å². The minimum Gasteiger partial charge on any atom is -0.396 e. The first kappa shape index (κ1) is 14.2. The summed E-state index contributed by atoms with van der Waals surface area (Å²) < 4.78 is 1.95. The predicted octanol–water partition coefficient (Wildman–Crippen LogP) is 1.33. The molecule has 21 heavy (non-hydrogen) atoms. The molecule has 5 nitrogen and oxygen atoms in total. The van der Waals surface area contributed by atoms with E-state index in [9.17, 15) is 5.11 Å². The van der Waals surface area contributed by atoms with E-state index in [1.54, 1.807) is 0 Å². The lowest BCUT2D eigenvalue weighted by Gasteiger charge is -2.16. The second-order valence-corrected chi connectivity index (χ2v) is 5.92. The number of hydrogen-bond acceptors (Lipinski definition) is 4. The van der Waals surface area contributed by atoms with Gasteiger partial charge in [0.15, 0.2) is 0 Å². The van der Waals surface area contributed by atoms with Crippen LogP contribution in [0.15, 0.2) is 30.6 Å². The smallest absolute Gasteiger partial charge is 0.0597 e. The van der Waals surface area contributed by atoms with Crippen molar-refractivity contribution in [2.45, 2.75) is 19.4 Å². The van der Waals surface area contributed by atoms with Gasteiger partial charge in [-0.15, -0.1) is 0 Å². The number of rotatable bonds is 4. The highest BCUT2D eigenvalue weighted by molar-refractivity contribution is 5.20. The summed E-state index contributed by atoms with van der Waals surface area (Å²) in [6.45, 7) is 5.03. The number of nitrogens with zero attached hydrogens (tertiary/aromatic N) is 4. The zero-order valence-electron chi connectivity index (χ0n) is 12.6. The number of hydrogen-bond donors (Lipinski definition) is 1. The molecule has 5 heteroatoms. The summed E-state index contributed by atoms with van der Waals surface area (Å²) in [4.78, 5) is 6.49. The lowest BCUT2D eigenvalue weighted by Crippen LogP contribution is -2.22. The van der Waals surface area contributed by atoms with Crippen LogP contribution < -0.4 is 0 Å². The quantitative estimate of drug-likeness (QED) is 0.921. The number of pyridine rings is 1. The van der Waals surface area contributed by atoms with Crippen molar-refractivity contribution in [3.63, 3.8) is 0 Å². The molecule has 1 saturated heterocycles. The highest BCUT2D eigenvalue weighted by atomic mass is 16.3. The van der Waals surface area contributed by atoms with Gasteiger partial charge in [0, 0.05) is 57.5 Å². The minimum atomic E-state index is 0.230. The highest BCUT2D eigenvalue weighted by Gasteiger charge is 2.33. The fourth-order valence-corrected chi connectivity index (χ4v) is 3.30. The number of aliphatic hydroxyl groups is 1. The Balaban J connectivity index is 1.74. The van der Waals surface area contributed by atoms with Gasteiger partial charge >= 0.3 is 0 Å². The standard InChI is InChI=1S/C16H22N4O/c1-12-7-15(19(2)18-12)9-20-8-14(11-21)16(10-20)13-3-5-17-6-4-13/h3-7,14,16,21H,8-11H2,1-2H3/t14-,16-/m0/s1. The molecule has 3 heterocycles. The van der Waals surface area contributed by atoms with Crippen molar-refractivity contribution in [2.24, 2.45) is 13.0 Å². The number of aliphatic hydroxyl groups excluding tert-OH is 1. The maximum Gasteiger partial charge on any atom is 0.0597 e. The Morgan fingerprint density at radius 2 is 2.05 bits per heavy atom. The molecule has 1 fully saturated rings. The van der Waals surface area contributed by atoms with Gasteiger partial charge in [0.2, 0.25) is 0 Å². The molecule has 1 aliphatic rings. The van der Waals surface area contributed by atoms with Crippen LogP contribution in [-0.4, -0.2) is 44.5 Å². The van der Waals surface area contributed by atoms with E-state index in [0.29, 0.717) is 11.8 Å². The SMILES string of the molecule is Cc1cc(CN2C[C@@H](CO)[C@H](c3ccncc3)C2)n(C)n1. The van der Waals surface area contributed by atoms with Gasteiger partial charge in [-0.1, -0.05) is 0 Å². The van der Waals surface area contributed by atoms with Crippen LogP contribution in [-0.2, 0) is 13.6 Å². The fraction of sp³-hybridized carbons (Fsp3) is 0.500. The van der Waals surface area contributed by atoms with E-state index in [0.717, 1.165) is 25.3 Å². The lowest BCUT2D eigenvalue weighted by molar-refractivity contribution is 0.213. The number of aromatic nitrogens is 3. The minimum absolute atomic E-state index is 0.230. The van der Waals surface area contributed by atoms with Gasteiger partial charge in [0.05, 0.1) is 11.4 Å². The average Bonchev–Trinajstić information content (AvgIpc) is 3.03. The summed E-state index contributed by atoms with van der Waals surface area (Å²) in [5.41, 5.74) is 3.54. The second kappa shape index (κ2) is 5.95. The van der Waals surface area contributed by atoms with Gasteiger partial charge in [-0.05, 0) is 30.7 Å². The Hall–Kier alpha value is -1.72. The highest BCUT2D eigenvalue weighted by Crippen LogP contribution is 2.32. The molecule has 1 N–H and O–H groups in total. The molecule has 0 spiro atoms. The molecule has 2 aromatic rings. The first-order valence-electron chi connectivity index (χ1n) is 7.40. The lowest BCUT2D eigenvalue weighted by atomic mass is 9.90. The third kappa shape index (κ3) is 2.99. The average molecular weight is 286 g/mol. The van der Waals surface area contributed by atoms with E-state index in [1.807, 2.05) is 31.0 Å². The molecule has 0 radical (unpaired) electrons. The van der Waals surface area contributed by atoms with Gasteiger partial charge < -0.3 is 5.11 Å². The van der Waals surface area contributed by atoms with E-state index in [2.05, 4.69) is 33.2 Å². The molecule has 1 aliphatic heterocycles. The zero-order valence-corrected chi connectivity index (χ0v) is 12.6. The monoisotopic (exact) mass is 286 g/mol. The molecule has 0 saturated carbocycles. The van der Waals surface area contributed by atoms with Crippen LogP contribution in [0.2, 0.25) is 0 Å². The Kier molecular flexibility index (Phi) is 4.03. The molecule has 0 aromatic carbocycles. The first-order chi connectivity index (χ1) is 10.2. The maximum atomic E-state index is 9.68. The molecular formula is C16H22N4O. The Morgan fingerprint density at radius 1 is 1.29 bits per heavy atom. The van der Waals surface area contributed by atoms with Crippen LogP contribution in [0.4, 0.5) is 0 Å². The van der Waals surface area contributed by atoms with Crippen molar-refractivity contribution < 1.29 is 5.11 Å². The molecule has 0 unspecified atom stereocenters. The Bertz CT molecular complexity index is 596. The van der Waals surface area contributed by atoms with Crippen molar-refractivity contribution in [1.29, 1.82) is 0 Å².